The summed E-state index contributed by atoms with van der Waals surface area (Å²) >= 11 is 12.5. The molecule has 0 aliphatic heterocycles. The molecule has 0 spiro atoms. The lowest BCUT2D eigenvalue weighted by Crippen LogP contribution is -2.34. The molecule has 0 aromatic heterocycles. The second-order valence-electron chi connectivity index (χ2n) is 5.17. The average molecular weight is 311 g/mol. The summed E-state index contributed by atoms with van der Waals surface area (Å²) in [6, 6.07) is 14.7. The van der Waals surface area contributed by atoms with Crippen molar-refractivity contribution in [3.8, 4) is 0 Å². The first-order chi connectivity index (χ1) is 9.61. The van der Waals surface area contributed by atoms with Crippen LogP contribution in [0, 0.1) is 12.7 Å². The van der Waals surface area contributed by atoms with Gasteiger partial charge in [0.15, 0.2) is 0 Å². The normalized spacial score (nSPS) is 11.6. The van der Waals surface area contributed by atoms with Crippen molar-refractivity contribution >= 4 is 23.2 Å². The van der Waals surface area contributed by atoms with Crippen LogP contribution in [0.1, 0.15) is 16.7 Å². The number of hydrogen-bond acceptors (Lipinski definition) is 0. The van der Waals surface area contributed by atoms with E-state index in [0.717, 1.165) is 11.1 Å². The Morgan fingerprint density at radius 3 is 2.10 bits per heavy atom. The van der Waals surface area contributed by atoms with Crippen molar-refractivity contribution in [1.82, 2.24) is 0 Å². The highest BCUT2D eigenvalue weighted by molar-refractivity contribution is 6.22. The first-order valence-electron chi connectivity index (χ1n) is 6.54. The number of halogens is 3. The summed E-state index contributed by atoms with van der Waals surface area (Å²) in [5.74, 6) is 0.629. The largest absolute Gasteiger partial charge is 0.207 e. The molecular weight excluding hydrogens is 294 g/mol. The average Bonchev–Trinajstić information content (AvgIpc) is 2.48. The number of benzene rings is 2. The quantitative estimate of drug-likeness (QED) is 0.675. The molecule has 0 atom stereocenters. The molecule has 0 fully saturated rings. The first-order valence-corrected chi connectivity index (χ1v) is 7.61. The van der Waals surface area contributed by atoms with Gasteiger partial charge in [0.1, 0.15) is 5.82 Å². The van der Waals surface area contributed by atoms with Crippen LogP contribution >= 0.6 is 23.2 Å². The van der Waals surface area contributed by atoms with Gasteiger partial charge in [-0.2, -0.15) is 0 Å². The Bertz CT molecular complexity index is 559. The Labute approximate surface area is 129 Å². The topological polar surface area (TPSA) is 0 Å². The third kappa shape index (κ3) is 3.16. The fourth-order valence-electron chi connectivity index (χ4n) is 2.53. The van der Waals surface area contributed by atoms with Crippen molar-refractivity contribution < 1.29 is 4.39 Å². The maximum atomic E-state index is 13.0. The predicted molar refractivity (Wildman–Crippen MR) is 84.4 cm³/mol. The molecule has 2 aromatic rings. The van der Waals surface area contributed by atoms with Gasteiger partial charge >= 0.3 is 0 Å². The smallest absolute Gasteiger partial charge is 0.123 e. The van der Waals surface area contributed by atoms with Gasteiger partial charge < -0.3 is 0 Å². The molecule has 0 aliphatic rings. The van der Waals surface area contributed by atoms with E-state index >= 15 is 0 Å². The van der Waals surface area contributed by atoms with E-state index in [0.29, 0.717) is 18.2 Å². The fourth-order valence-corrected chi connectivity index (χ4v) is 3.29. The Morgan fingerprint density at radius 2 is 1.55 bits per heavy atom. The summed E-state index contributed by atoms with van der Waals surface area (Å²) in [5.41, 5.74) is 3.05. The molecular formula is C17H17Cl2F. The van der Waals surface area contributed by atoms with E-state index in [1.165, 1.54) is 17.7 Å². The molecule has 106 valence electrons. The summed E-state index contributed by atoms with van der Waals surface area (Å²) < 4.78 is 13.0. The lowest BCUT2D eigenvalue weighted by atomic mass is 9.77. The van der Waals surface area contributed by atoms with Crippen LogP contribution in [0.4, 0.5) is 4.39 Å². The predicted octanol–water partition coefficient (Wildman–Crippen LogP) is 5.09. The Hall–Kier alpha value is -1.05. The van der Waals surface area contributed by atoms with Crippen molar-refractivity contribution in [1.29, 1.82) is 0 Å². The molecule has 0 N–H and O–H groups in total. The summed E-state index contributed by atoms with van der Waals surface area (Å²) in [4.78, 5) is 0. The molecule has 20 heavy (non-hydrogen) atoms. The van der Waals surface area contributed by atoms with Crippen molar-refractivity contribution in [2.24, 2.45) is 0 Å². The van der Waals surface area contributed by atoms with Gasteiger partial charge in [-0.05, 0) is 42.2 Å². The van der Waals surface area contributed by atoms with Gasteiger partial charge in [0, 0.05) is 17.2 Å². The van der Waals surface area contributed by atoms with E-state index in [1.807, 2.05) is 12.1 Å². The highest BCUT2D eigenvalue weighted by Crippen LogP contribution is 2.33. The molecule has 0 amide bonds. The maximum absolute atomic E-state index is 13.0. The highest BCUT2D eigenvalue weighted by Gasteiger charge is 2.32. The van der Waals surface area contributed by atoms with E-state index in [2.05, 4.69) is 19.1 Å². The molecule has 0 aliphatic carbocycles. The highest BCUT2D eigenvalue weighted by atomic mass is 35.5. The SMILES string of the molecule is Cc1ccccc1C(CCl)(CCl)Cc1ccc(F)cc1. The van der Waals surface area contributed by atoms with E-state index in [-0.39, 0.29) is 11.2 Å². The second-order valence-corrected chi connectivity index (χ2v) is 5.70. The molecule has 3 heteroatoms. The van der Waals surface area contributed by atoms with E-state index in [4.69, 9.17) is 23.2 Å². The summed E-state index contributed by atoms with van der Waals surface area (Å²) in [6.07, 6.45) is 0.700. The first kappa shape index (κ1) is 15.3. The minimum Gasteiger partial charge on any atom is -0.207 e. The lowest BCUT2D eigenvalue weighted by molar-refractivity contribution is 0.532. The number of hydrogen-bond donors (Lipinski definition) is 0. The van der Waals surface area contributed by atoms with Crippen molar-refractivity contribution in [2.75, 3.05) is 11.8 Å². The van der Waals surface area contributed by atoms with Crippen molar-refractivity contribution in [3.63, 3.8) is 0 Å². The molecule has 0 saturated heterocycles. The standard InChI is InChI=1S/C17H17Cl2F/c1-13-4-2-3-5-16(13)17(11-18,12-19)10-14-6-8-15(20)9-7-14/h2-9H,10-12H2,1H3. The van der Waals surface area contributed by atoms with Gasteiger partial charge in [-0.25, -0.2) is 4.39 Å². The lowest BCUT2D eigenvalue weighted by Gasteiger charge is -2.32. The van der Waals surface area contributed by atoms with Gasteiger partial charge in [0.05, 0.1) is 0 Å². The van der Waals surface area contributed by atoms with Gasteiger partial charge in [-0.15, -0.1) is 23.2 Å². The Kier molecular flexibility index (Phi) is 5.06. The van der Waals surface area contributed by atoms with Crippen molar-refractivity contribution in [2.45, 2.75) is 18.8 Å². The molecule has 0 heterocycles. The second kappa shape index (κ2) is 6.60. The fraction of sp³-hybridized carbons (Fsp3) is 0.294. The van der Waals surface area contributed by atoms with Gasteiger partial charge in [0.25, 0.3) is 0 Å². The molecule has 0 nitrogen and oxygen atoms in total. The van der Waals surface area contributed by atoms with Crippen LogP contribution in [0.25, 0.3) is 0 Å². The summed E-state index contributed by atoms with van der Waals surface area (Å²) in [7, 11) is 0. The number of alkyl halides is 2. The zero-order valence-electron chi connectivity index (χ0n) is 11.4. The molecule has 2 aromatic carbocycles. The molecule has 2 rings (SSSR count). The molecule has 0 unspecified atom stereocenters. The molecule has 0 radical (unpaired) electrons. The van der Waals surface area contributed by atoms with Crippen LogP contribution in [0.5, 0.6) is 0 Å². The van der Waals surface area contributed by atoms with Crippen LogP contribution in [-0.4, -0.2) is 11.8 Å². The van der Waals surface area contributed by atoms with E-state index in [1.54, 1.807) is 12.1 Å². The van der Waals surface area contributed by atoms with Crippen LogP contribution in [0.2, 0.25) is 0 Å². The van der Waals surface area contributed by atoms with Crippen LogP contribution in [-0.2, 0) is 11.8 Å². The van der Waals surface area contributed by atoms with Gasteiger partial charge in [-0.3, -0.25) is 0 Å². The molecule has 0 saturated carbocycles. The third-order valence-corrected chi connectivity index (χ3v) is 4.71. The number of rotatable bonds is 5. The van der Waals surface area contributed by atoms with Gasteiger partial charge in [-0.1, -0.05) is 36.4 Å². The maximum Gasteiger partial charge on any atom is 0.123 e. The Morgan fingerprint density at radius 1 is 0.950 bits per heavy atom. The van der Waals surface area contributed by atoms with E-state index in [9.17, 15) is 4.39 Å². The zero-order chi connectivity index (χ0) is 14.6. The van der Waals surface area contributed by atoms with Crippen LogP contribution in [0.3, 0.4) is 0 Å². The van der Waals surface area contributed by atoms with E-state index < -0.39 is 0 Å². The van der Waals surface area contributed by atoms with Gasteiger partial charge in [0.2, 0.25) is 0 Å². The monoisotopic (exact) mass is 310 g/mol. The van der Waals surface area contributed by atoms with Crippen LogP contribution in [0.15, 0.2) is 48.5 Å². The molecule has 0 bridgehead atoms. The van der Waals surface area contributed by atoms with Crippen molar-refractivity contribution in [3.05, 3.63) is 71.0 Å². The Balaban J connectivity index is 2.39. The minimum atomic E-state index is -0.327. The third-order valence-electron chi connectivity index (χ3n) is 3.68. The van der Waals surface area contributed by atoms with Crippen LogP contribution < -0.4 is 0 Å². The summed E-state index contributed by atoms with van der Waals surface area (Å²) in [6.45, 7) is 2.06. The zero-order valence-corrected chi connectivity index (χ0v) is 12.9. The summed E-state index contributed by atoms with van der Waals surface area (Å²) in [5, 5.41) is 0. The minimum absolute atomic E-state index is 0.230. The number of aryl methyl sites for hydroxylation is 1.